The zero-order chi connectivity index (χ0) is 29.3. The van der Waals surface area contributed by atoms with Crippen LogP contribution in [0.2, 0.25) is 0 Å². The standard InChI is InChI=1S/C35H39F2N5O/c1-3-26-30(37)13-8-22-6-4-7-28(31(22)26)27-11-12-29-32(21(27)2)39-34(40-33(29)41-18-24-9-10-25(19-41)38-24)43-20-35-14-5-15-42(35)17-23(36)16-35/h4,6-8,11-13,23-25,38H,3,5,9-10,14-20H2,1-2H3/t23-,24-,25+,35+/m1/s1. The van der Waals surface area contributed by atoms with E-state index in [9.17, 15) is 4.39 Å². The minimum absolute atomic E-state index is 0.169. The summed E-state index contributed by atoms with van der Waals surface area (Å²) in [4.78, 5) is 14.7. The van der Waals surface area contributed by atoms with Gasteiger partial charge in [0, 0.05) is 43.5 Å². The van der Waals surface area contributed by atoms with Crippen molar-refractivity contribution in [2.75, 3.05) is 37.7 Å². The molecule has 4 fully saturated rings. The van der Waals surface area contributed by atoms with Crippen LogP contribution < -0.4 is 15.0 Å². The lowest BCUT2D eigenvalue weighted by Crippen LogP contribution is -2.51. The molecule has 1 aromatic heterocycles. The van der Waals surface area contributed by atoms with Crippen molar-refractivity contribution < 1.29 is 13.5 Å². The number of aromatic nitrogens is 2. The molecule has 3 aromatic carbocycles. The number of fused-ring (bicyclic) bond motifs is 5. The highest BCUT2D eigenvalue weighted by molar-refractivity contribution is 6.03. The van der Waals surface area contributed by atoms with Crippen molar-refractivity contribution in [2.45, 2.75) is 76.2 Å². The molecule has 43 heavy (non-hydrogen) atoms. The minimum Gasteiger partial charge on any atom is -0.461 e. The molecule has 0 radical (unpaired) electrons. The van der Waals surface area contributed by atoms with Gasteiger partial charge in [0.15, 0.2) is 0 Å². The Labute approximate surface area is 251 Å². The fourth-order valence-corrected chi connectivity index (χ4v) is 8.51. The molecule has 1 N–H and O–H groups in total. The van der Waals surface area contributed by atoms with Gasteiger partial charge in [-0.2, -0.15) is 9.97 Å². The van der Waals surface area contributed by atoms with Crippen LogP contribution >= 0.6 is 0 Å². The van der Waals surface area contributed by atoms with E-state index in [0.717, 1.165) is 82.2 Å². The Morgan fingerprint density at radius 1 is 1.02 bits per heavy atom. The Hall–Kier alpha value is -3.36. The van der Waals surface area contributed by atoms with Crippen molar-refractivity contribution in [3.63, 3.8) is 0 Å². The van der Waals surface area contributed by atoms with E-state index in [1.54, 1.807) is 6.07 Å². The maximum Gasteiger partial charge on any atom is 0.319 e. The fraction of sp³-hybridized carbons (Fsp3) is 0.486. The molecule has 4 aliphatic rings. The molecule has 0 aliphatic carbocycles. The van der Waals surface area contributed by atoms with Gasteiger partial charge in [-0.05, 0) is 90.7 Å². The highest BCUT2D eigenvalue weighted by atomic mass is 19.1. The van der Waals surface area contributed by atoms with Crippen LogP contribution in [0.4, 0.5) is 14.6 Å². The summed E-state index contributed by atoms with van der Waals surface area (Å²) in [5, 5.41) is 6.72. The van der Waals surface area contributed by atoms with Crippen molar-refractivity contribution in [3.8, 4) is 17.1 Å². The number of hydrogen-bond donors (Lipinski definition) is 1. The van der Waals surface area contributed by atoms with Crippen LogP contribution in [0, 0.1) is 12.7 Å². The molecule has 4 saturated heterocycles. The van der Waals surface area contributed by atoms with Crippen LogP contribution in [0.3, 0.4) is 0 Å². The Morgan fingerprint density at radius 2 is 1.86 bits per heavy atom. The van der Waals surface area contributed by atoms with E-state index in [1.165, 1.54) is 12.8 Å². The molecule has 4 aliphatic heterocycles. The first-order chi connectivity index (χ1) is 20.9. The molecule has 5 heterocycles. The first-order valence-corrected chi connectivity index (χ1v) is 16.0. The Kier molecular flexibility index (Phi) is 6.56. The van der Waals surface area contributed by atoms with Gasteiger partial charge in [-0.3, -0.25) is 4.90 Å². The van der Waals surface area contributed by atoms with Crippen LogP contribution in [0.15, 0.2) is 42.5 Å². The summed E-state index contributed by atoms with van der Waals surface area (Å²) in [6.45, 7) is 7.71. The second-order valence-corrected chi connectivity index (χ2v) is 13.2. The zero-order valence-corrected chi connectivity index (χ0v) is 25.0. The average molecular weight is 584 g/mol. The summed E-state index contributed by atoms with van der Waals surface area (Å²) in [6, 6.07) is 15.2. The molecule has 4 atom stereocenters. The van der Waals surface area contributed by atoms with Crippen molar-refractivity contribution in [1.82, 2.24) is 20.2 Å². The number of nitrogens with one attached hydrogen (secondary N) is 1. The zero-order valence-electron chi connectivity index (χ0n) is 25.0. The van der Waals surface area contributed by atoms with E-state index in [4.69, 9.17) is 14.7 Å². The summed E-state index contributed by atoms with van der Waals surface area (Å²) in [6.07, 6.45) is 4.67. The highest BCUT2D eigenvalue weighted by Crippen LogP contribution is 2.42. The Balaban J connectivity index is 1.26. The molecule has 0 amide bonds. The molecule has 2 bridgehead atoms. The van der Waals surface area contributed by atoms with E-state index in [-0.39, 0.29) is 11.4 Å². The predicted molar refractivity (Wildman–Crippen MR) is 167 cm³/mol. The number of hydrogen-bond acceptors (Lipinski definition) is 6. The molecule has 8 rings (SSSR count). The summed E-state index contributed by atoms with van der Waals surface area (Å²) in [7, 11) is 0. The molecule has 0 saturated carbocycles. The van der Waals surface area contributed by atoms with E-state index in [0.29, 0.717) is 44.1 Å². The average Bonchev–Trinajstić information content (AvgIpc) is 3.66. The SMILES string of the molecule is CCc1c(F)ccc2cccc(-c3ccc4c(N5C[C@H]6CC[C@@H](C5)N6)nc(OC[C@@]56CCCN5C[C@H](F)C6)nc4c3C)c12. The van der Waals surface area contributed by atoms with Crippen LogP contribution in [0.1, 0.15) is 50.2 Å². The lowest BCUT2D eigenvalue weighted by atomic mass is 9.90. The molecule has 0 unspecified atom stereocenters. The number of piperazine rings is 1. The molecule has 224 valence electrons. The number of anilines is 1. The third kappa shape index (κ3) is 4.48. The van der Waals surface area contributed by atoms with Gasteiger partial charge in [-0.25, -0.2) is 8.78 Å². The molecular formula is C35H39F2N5O. The van der Waals surface area contributed by atoms with Gasteiger partial charge in [0.05, 0.1) is 11.1 Å². The number of aryl methyl sites for hydroxylation is 2. The van der Waals surface area contributed by atoms with E-state index in [2.05, 4.69) is 46.3 Å². The normalized spacial score (nSPS) is 27.0. The highest BCUT2D eigenvalue weighted by Gasteiger charge is 2.49. The minimum atomic E-state index is -0.809. The number of alkyl halides is 1. The monoisotopic (exact) mass is 583 g/mol. The molecule has 0 spiro atoms. The van der Waals surface area contributed by atoms with Crippen molar-refractivity contribution in [1.29, 1.82) is 0 Å². The fourth-order valence-electron chi connectivity index (χ4n) is 8.51. The number of ether oxygens (including phenoxy) is 1. The number of benzene rings is 3. The molecular weight excluding hydrogens is 544 g/mol. The van der Waals surface area contributed by atoms with Crippen LogP contribution in [-0.4, -0.2) is 71.4 Å². The van der Waals surface area contributed by atoms with Gasteiger partial charge in [-0.15, -0.1) is 0 Å². The quantitative estimate of drug-likeness (QED) is 0.285. The predicted octanol–water partition coefficient (Wildman–Crippen LogP) is 6.36. The van der Waals surface area contributed by atoms with Crippen LogP contribution in [0.5, 0.6) is 6.01 Å². The van der Waals surface area contributed by atoms with E-state index < -0.39 is 6.17 Å². The summed E-state index contributed by atoms with van der Waals surface area (Å²) >= 11 is 0. The Bertz CT molecular complexity index is 1720. The lowest BCUT2D eigenvalue weighted by Gasteiger charge is -2.35. The largest absolute Gasteiger partial charge is 0.461 e. The van der Waals surface area contributed by atoms with Crippen molar-refractivity contribution in [2.24, 2.45) is 0 Å². The third-order valence-electron chi connectivity index (χ3n) is 10.6. The molecule has 8 heteroatoms. The number of rotatable bonds is 6. The summed E-state index contributed by atoms with van der Waals surface area (Å²) in [5.74, 6) is 0.735. The van der Waals surface area contributed by atoms with Gasteiger partial charge >= 0.3 is 6.01 Å². The van der Waals surface area contributed by atoms with Crippen LogP contribution in [0.25, 0.3) is 32.8 Å². The number of halogens is 2. The molecule has 4 aromatic rings. The summed E-state index contributed by atoms with van der Waals surface area (Å²) in [5.41, 5.74) is 4.38. The third-order valence-corrected chi connectivity index (χ3v) is 10.6. The van der Waals surface area contributed by atoms with Gasteiger partial charge in [0.25, 0.3) is 0 Å². The topological polar surface area (TPSA) is 53.5 Å². The lowest BCUT2D eigenvalue weighted by molar-refractivity contribution is 0.107. The van der Waals surface area contributed by atoms with E-state index in [1.807, 2.05) is 19.1 Å². The van der Waals surface area contributed by atoms with Crippen molar-refractivity contribution >= 4 is 27.5 Å². The maximum atomic E-state index is 15.0. The molecule has 6 nitrogen and oxygen atoms in total. The maximum absolute atomic E-state index is 15.0. The van der Waals surface area contributed by atoms with Crippen molar-refractivity contribution in [3.05, 3.63) is 59.4 Å². The number of nitrogens with zero attached hydrogens (tertiary/aromatic N) is 4. The second-order valence-electron chi connectivity index (χ2n) is 13.2. The smallest absolute Gasteiger partial charge is 0.319 e. The first-order valence-electron chi connectivity index (χ1n) is 16.0. The summed E-state index contributed by atoms with van der Waals surface area (Å²) < 4.78 is 36.0. The van der Waals surface area contributed by atoms with Crippen LogP contribution in [-0.2, 0) is 6.42 Å². The first kappa shape index (κ1) is 27.2. The second kappa shape index (κ2) is 10.4. The van der Waals surface area contributed by atoms with Gasteiger partial charge in [0.1, 0.15) is 24.4 Å². The van der Waals surface area contributed by atoms with Gasteiger partial charge < -0.3 is 15.0 Å². The van der Waals surface area contributed by atoms with Gasteiger partial charge in [-0.1, -0.05) is 37.3 Å². The van der Waals surface area contributed by atoms with Gasteiger partial charge in [0.2, 0.25) is 0 Å². The Morgan fingerprint density at radius 3 is 2.67 bits per heavy atom. The van der Waals surface area contributed by atoms with E-state index >= 15 is 4.39 Å².